The lowest BCUT2D eigenvalue weighted by molar-refractivity contribution is -0.144. The molecule has 1 atom stereocenters. The van der Waals surface area contributed by atoms with Crippen molar-refractivity contribution in [2.75, 3.05) is 26.7 Å². The van der Waals surface area contributed by atoms with Gasteiger partial charge in [-0.3, -0.25) is 9.59 Å². The summed E-state index contributed by atoms with van der Waals surface area (Å²) in [5, 5.41) is 0. The summed E-state index contributed by atoms with van der Waals surface area (Å²) >= 11 is 3.38. The third-order valence-electron chi connectivity index (χ3n) is 3.85. The molecule has 0 radical (unpaired) electrons. The first-order chi connectivity index (χ1) is 10.0. The van der Waals surface area contributed by atoms with Gasteiger partial charge in [0.25, 0.3) is 0 Å². The minimum absolute atomic E-state index is 0.0324. The molecule has 21 heavy (non-hydrogen) atoms. The summed E-state index contributed by atoms with van der Waals surface area (Å²) in [6.45, 7) is 1.62. The molecule has 2 fully saturated rings. The van der Waals surface area contributed by atoms with E-state index in [0.717, 1.165) is 4.47 Å². The summed E-state index contributed by atoms with van der Waals surface area (Å²) in [5.74, 6) is 0.433. The van der Waals surface area contributed by atoms with Gasteiger partial charge in [0.05, 0.1) is 23.5 Å². The van der Waals surface area contributed by atoms with Crippen LogP contribution in [0.2, 0.25) is 0 Å². The molecule has 0 aromatic carbocycles. The maximum atomic E-state index is 12.3. The second-order valence-electron chi connectivity index (χ2n) is 5.45. The van der Waals surface area contributed by atoms with Gasteiger partial charge in [-0.1, -0.05) is 0 Å². The largest absolute Gasteiger partial charge is 0.470 e. The van der Waals surface area contributed by atoms with Crippen LogP contribution in [0, 0.1) is 5.92 Å². The van der Waals surface area contributed by atoms with E-state index in [1.165, 1.54) is 0 Å². The molecule has 1 aromatic heterocycles. The normalized spacial score (nSPS) is 22.4. The molecule has 2 aliphatic heterocycles. The lowest BCUT2D eigenvalue weighted by Crippen LogP contribution is -2.57. The van der Waals surface area contributed by atoms with Gasteiger partial charge >= 0.3 is 0 Å². The van der Waals surface area contributed by atoms with E-state index in [0.29, 0.717) is 31.9 Å². The molecule has 6 nitrogen and oxygen atoms in total. The summed E-state index contributed by atoms with van der Waals surface area (Å²) < 4.78 is 6.54. The molecule has 7 heteroatoms. The number of aromatic nitrogens is 1. The van der Waals surface area contributed by atoms with E-state index in [1.54, 1.807) is 23.0 Å². The highest BCUT2D eigenvalue weighted by Crippen LogP contribution is 2.26. The fourth-order valence-electron chi connectivity index (χ4n) is 2.60. The highest BCUT2D eigenvalue weighted by Gasteiger charge is 2.40. The summed E-state index contributed by atoms with van der Waals surface area (Å²) in [6.07, 6.45) is 1.96. The molecule has 0 saturated carbocycles. The molecular weight excluding hydrogens is 338 g/mol. The van der Waals surface area contributed by atoms with Crippen molar-refractivity contribution in [1.82, 2.24) is 14.8 Å². The van der Waals surface area contributed by atoms with Crippen LogP contribution in [0.3, 0.4) is 0 Å². The highest BCUT2D eigenvalue weighted by molar-refractivity contribution is 9.10. The van der Waals surface area contributed by atoms with E-state index < -0.39 is 0 Å². The monoisotopic (exact) mass is 353 g/mol. The molecule has 0 N–H and O–H groups in total. The van der Waals surface area contributed by atoms with Gasteiger partial charge in [0.1, 0.15) is 6.10 Å². The predicted octanol–water partition coefficient (Wildman–Crippen LogP) is 0.912. The van der Waals surface area contributed by atoms with Gasteiger partial charge in [0, 0.05) is 26.2 Å². The lowest BCUT2D eigenvalue weighted by atomic mass is 10.0. The highest BCUT2D eigenvalue weighted by atomic mass is 79.9. The van der Waals surface area contributed by atoms with Gasteiger partial charge < -0.3 is 14.5 Å². The van der Waals surface area contributed by atoms with Crippen LogP contribution in [0.1, 0.15) is 6.42 Å². The maximum Gasteiger partial charge on any atom is 0.228 e. The zero-order valence-electron chi connectivity index (χ0n) is 11.7. The third kappa shape index (κ3) is 2.88. The van der Waals surface area contributed by atoms with Crippen molar-refractivity contribution >= 4 is 27.7 Å². The molecule has 1 aromatic rings. The van der Waals surface area contributed by atoms with E-state index >= 15 is 0 Å². The smallest absolute Gasteiger partial charge is 0.228 e. The summed E-state index contributed by atoms with van der Waals surface area (Å²) in [6, 6.07) is 3.69. The predicted molar refractivity (Wildman–Crippen MR) is 78.7 cm³/mol. The Hall–Kier alpha value is -1.63. The van der Waals surface area contributed by atoms with Gasteiger partial charge in [-0.25, -0.2) is 4.98 Å². The lowest BCUT2D eigenvalue weighted by Gasteiger charge is -2.39. The van der Waals surface area contributed by atoms with Crippen LogP contribution < -0.4 is 4.74 Å². The Morgan fingerprint density at radius 1 is 1.43 bits per heavy atom. The van der Waals surface area contributed by atoms with Gasteiger partial charge in [0.2, 0.25) is 17.7 Å². The number of likely N-dealkylation sites (tertiary alicyclic amines) is 2. The average molecular weight is 354 g/mol. The molecule has 3 rings (SSSR count). The number of pyridine rings is 1. The molecule has 0 spiro atoms. The van der Waals surface area contributed by atoms with E-state index in [2.05, 4.69) is 20.9 Å². The van der Waals surface area contributed by atoms with E-state index in [1.807, 2.05) is 12.1 Å². The maximum absolute atomic E-state index is 12.3. The quantitative estimate of drug-likeness (QED) is 0.810. The van der Waals surface area contributed by atoms with E-state index in [9.17, 15) is 9.59 Å². The molecule has 2 aliphatic rings. The number of halogens is 1. The number of rotatable bonds is 3. The van der Waals surface area contributed by atoms with Crippen molar-refractivity contribution in [2.24, 2.45) is 5.92 Å². The van der Waals surface area contributed by atoms with Crippen molar-refractivity contribution in [3.05, 3.63) is 22.8 Å². The van der Waals surface area contributed by atoms with Gasteiger partial charge in [-0.2, -0.15) is 0 Å². The molecule has 0 aliphatic carbocycles. The van der Waals surface area contributed by atoms with Crippen LogP contribution >= 0.6 is 15.9 Å². The Morgan fingerprint density at radius 3 is 2.81 bits per heavy atom. The Labute approximate surface area is 131 Å². The third-order valence-corrected chi connectivity index (χ3v) is 4.46. The van der Waals surface area contributed by atoms with Gasteiger partial charge in [-0.15, -0.1) is 0 Å². The molecule has 2 saturated heterocycles. The van der Waals surface area contributed by atoms with Gasteiger partial charge in [0.15, 0.2) is 0 Å². The topological polar surface area (TPSA) is 62.7 Å². The van der Waals surface area contributed by atoms with Crippen LogP contribution in [-0.2, 0) is 9.59 Å². The number of ether oxygens (including phenoxy) is 1. The van der Waals surface area contributed by atoms with Crippen LogP contribution in [0.25, 0.3) is 0 Å². The molecule has 0 bridgehead atoms. The first kappa shape index (κ1) is 14.3. The number of carbonyl (C=O) groups excluding carboxylic acids is 2. The Balaban J connectivity index is 1.51. The Bertz CT molecular complexity index is 574. The van der Waals surface area contributed by atoms with Crippen LogP contribution in [0.4, 0.5) is 0 Å². The van der Waals surface area contributed by atoms with Gasteiger partial charge in [-0.05, 0) is 28.1 Å². The second-order valence-corrected chi connectivity index (χ2v) is 6.30. The van der Waals surface area contributed by atoms with E-state index in [4.69, 9.17) is 4.74 Å². The summed E-state index contributed by atoms with van der Waals surface area (Å²) in [7, 11) is 1.73. The molecule has 112 valence electrons. The van der Waals surface area contributed by atoms with Crippen LogP contribution in [0.5, 0.6) is 5.88 Å². The fourth-order valence-corrected chi connectivity index (χ4v) is 2.94. The number of hydrogen-bond acceptors (Lipinski definition) is 4. The minimum atomic E-state index is -0.204. The number of amides is 2. The minimum Gasteiger partial charge on any atom is -0.470 e. The summed E-state index contributed by atoms with van der Waals surface area (Å²) in [4.78, 5) is 31.2. The number of hydrogen-bond donors (Lipinski definition) is 0. The number of carbonyl (C=O) groups is 2. The second kappa shape index (κ2) is 5.63. The van der Waals surface area contributed by atoms with Crippen molar-refractivity contribution in [3.63, 3.8) is 0 Å². The molecule has 2 amide bonds. The standard InChI is InChI=1S/C14H16BrN3O3/c1-17-6-9(5-12(17)19)14(20)18-7-10(8-18)21-13-11(15)3-2-4-16-13/h2-4,9-10H,5-8H2,1H3. The molecule has 1 unspecified atom stereocenters. The molecule has 3 heterocycles. The van der Waals surface area contributed by atoms with Crippen molar-refractivity contribution < 1.29 is 14.3 Å². The fraction of sp³-hybridized carbons (Fsp3) is 0.500. The van der Waals surface area contributed by atoms with Crippen LogP contribution in [-0.4, -0.2) is 59.4 Å². The first-order valence-electron chi connectivity index (χ1n) is 6.84. The van der Waals surface area contributed by atoms with Crippen LogP contribution in [0.15, 0.2) is 22.8 Å². The average Bonchev–Trinajstić information content (AvgIpc) is 2.75. The van der Waals surface area contributed by atoms with E-state index in [-0.39, 0.29) is 23.8 Å². The SMILES string of the molecule is CN1CC(C(=O)N2CC(Oc3ncccc3Br)C2)CC1=O. The van der Waals surface area contributed by atoms with Crippen molar-refractivity contribution in [3.8, 4) is 5.88 Å². The summed E-state index contributed by atoms with van der Waals surface area (Å²) in [5.41, 5.74) is 0. The Kier molecular flexibility index (Phi) is 3.84. The first-order valence-corrected chi connectivity index (χ1v) is 7.64. The zero-order valence-corrected chi connectivity index (χ0v) is 13.2. The zero-order chi connectivity index (χ0) is 15.0. The van der Waals surface area contributed by atoms with Crippen molar-refractivity contribution in [2.45, 2.75) is 12.5 Å². The number of nitrogens with zero attached hydrogens (tertiary/aromatic N) is 3. The Morgan fingerprint density at radius 2 is 2.19 bits per heavy atom. The van der Waals surface area contributed by atoms with Crippen molar-refractivity contribution in [1.29, 1.82) is 0 Å². The molecular formula is C14H16BrN3O3.